The van der Waals surface area contributed by atoms with Crippen molar-refractivity contribution in [2.75, 3.05) is 18.9 Å². The largest absolute Gasteiger partial charge is 0.491 e. The zero-order chi connectivity index (χ0) is 15.5. The first-order valence-corrected chi connectivity index (χ1v) is 7.33. The van der Waals surface area contributed by atoms with Crippen molar-refractivity contribution < 1.29 is 14.3 Å². The van der Waals surface area contributed by atoms with Crippen LogP contribution in [-0.4, -0.2) is 35.8 Å². The Kier molecular flexibility index (Phi) is 4.60. The first-order chi connectivity index (χ1) is 9.85. The van der Waals surface area contributed by atoms with E-state index < -0.39 is 5.60 Å². The maximum Gasteiger partial charge on any atom is 0.410 e. The molecule has 0 saturated carbocycles. The molecule has 0 radical (unpaired) electrons. The second-order valence-corrected chi connectivity index (χ2v) is 6.35. The monoisotopic (exact) mass is 292 g/mol. The van der Waals surface area contributed by atoms with E-state index in [9.17, 15) is 4.79 Å². The number of anilines is 1. The molecule has 21 heavy (non-hydrogen) atoms. The van der Waals surface area contributed by atoms with Crippen LogP contribution in [0.2, 0.25) is 0 Å². The summed E-state index contributed by atoms with van der Waals surface area (Å²) in [5.41, 5.74) is 5.88. The molecule has 1 atom stereocenters. The molecule has 2 rings (SSSR count). The van der Waals surface area contributed by atoms with E-state index in [1.807, 2.05) is 32.9 Å². The molecule has 0 bridgehead atoms. The fourth-order valence-electron chi connectivity index (χ4n) is 2.33. The third-order valence-corrected chi connectivity index (χ3v) is 3.33. The average molecular weight is 292 g/mol. The molecule has 1 heterocycles. The van der Waals surface area contributed by atoms with Gasteiger partial charge in [-0.2, -0.15) is 0 Å². The Morgan fingerprint density at radius 3 is 2.62 bits per heavy atom. The van der Waals surface area contributed by atoms with Gasteiger partial charge in [-0.25, -0.2) is 4.79 Å². The zero-order valence-electron chi connectivity index (χ0n) is 13.0. The Balaban J connectivity index is 1.90. The number of nitrogen functional groups attached to an aromatic ring is 1. The van der Waals surface area contributed by atoms with Gasteiger partial charge in [0.2, 0.25) is 0 Å². The summed E-state index contributed by atoms with van der Waals surface area (Å²) >= 11 is 0. The van der Waals surface area contributed by atoms with E-state index in [4.69, 9.17) is 15.2 Å². The molecule has 1 amide bonds. The summed E-state index contributed by atoms with van der Waals surface area (Å²) in [6, 6.07) is 7.34. The third kappa shape index (κ3) is 4.55. The molecular formula is C16H24N2O3. The van der Waals surface area contributed by atoms with Gasteiger partial charge in [0.15, 0.2) is 0 Å². The number of hydrogen-bond acceptors (Lipinski definition) is 4. The van der Waals surface area contributed by atoms with Crippen LogP contribution in [0.15, 0.2) is 24.3 Å². The van der Waals surface area contributed by atoms with Crippen molar-refractivity contribution >= 4 is 11.8 Å². The summed E-state index contributed by atoms with van der Waals surface area (Å²) in [6.07, 6.45) is 1.66. The highest BCUT2D eigenvalue weighted by Gasteiger charge is 2.32. The molecule has 1 aliphatic heterocycles. The minimum atomic E-state index is -0.470. The summed E-state index contributed by atoms with van der Waals surface area (Å²) in [6.45, 7) is 6.83. The van der Waals surface area contributed by atoms with Gasteiger partial charge in [0.25, 0.3) is 0 Å². The van der Waals surface area contributed by atoms with Gasteiger partial charge < -0.3 is 20.1 Å². The maximum atomic E-state index is 12.2. The van der Waals surface area contributed by atoms with Crippen molar-refractivity contribution in [1.29, 1.82) is 0 Å². The van der Waals surface area contributed by atoms with Crippen LogP contribution in [0.5, 0.6) is 5.75 Å². The van der Waals surface area contributed by atoms with Crippen LogP contribution in [0.3, 0.4) is 0 Å². The van der Waals surface area contributed by atoms with Crippen LogP contribution in [-0.2, 0) is 4.74 Å². The molecule has 5 heteroatoms. The van der Waals surface area contributed by atoms with E-state index in [0.717, 1.165) is 25.1 Å². The molecule has 1 saturated heterocycles. The highest BCUT2D eigenvalue weighted by Crippen LogP contribution is 2.22. The first kappa shape index (κ1) is 15.5. The lowest BCUT2D eigenvalue weighted by atomic mass is 10.2. The quantitative estimate of drug-likeness (QED) is 0.870. The fraction of sp³-hybridized carbons (Fsp3) is 0.562. The maximum absolute atomic E-state index is 12.2. The molecule has 116 valence electrons. The molecule has 5 nitrogen and oxygen atoms in total. The molecule has 0 unspecified atom stereocenters. The number of carbonyl (C=O) groups excluding carboxylic acids is 1. The van der Waals surface area contributed by atoms with Gasteiger partial charge in [-0.1, -0.05) is 0 Å². The average Bonchev–Trinajstić information content (AvgIpc) is 2.84. The molecule has 1 aromatic carbocycles. The predicted octanol–water partition coefficient (Wildman–Crippen LogP) is 3.05. The minimum absolute atomic E-state index is 0.0670. The zero-order valence-corrected chi connectivity index (χ0v) is 13.0. The highest BCUT2D eigenvalue weighted by atomic mass is 16.6. The summed E-state index contributed by atoms with van der Waals surface area (Å²) in [4.78, 5) is 13.9. The van der Waals surface area contributed by atoms with Gasteiger partial charge >= 0.3 is 6.09 Å². The van der Waals surface area contributed by atoms with Gasteiger partial charge in [-0.05, 0) is 57.9 Å². The summed E-state index contributed by atoms with van der Waals surface area (Å²) in [7, 11) is 0. The molecule has 1 fully saturated rings. The lowest BCUT2D eigenvalue weighted by Crippen LogP contribution is -2.42. The van der Waals surface area contributed by atoms with Crippen LogP contribution < -0.4 is 10.5 Å². The summed E-state index contributed by atoms with van der Waals surface area (Å²) in [5.74, 6) is 0.764. The van der Waals surface area contributed by atoms with Crippen molar-refractivity contribution in [3.05, 3.63) is 24.3 Å². The van der Waals surface area contributed by atoms with Crippen LogP contribution >= 0.6 is 0 Å². The third-order valence-electron chi connectivity index (χ3n) is 3.33. The van der Waals surface area contributed by atoms with Crippen LogP contribution in [0.4, 0.5) is 10.5 Å². The van der Waals surface area contributed by atoms with E-state index in [-0.39, 0.29) is 12.1 Å². The summed E-state index contributed by atoms with van der Waals surface area (Å²) in [5, 5.41) is 0. The van der Waals surface area contributed by atoms with Crippen molar-refractivity contribution in [3.8, 4) is 5.75 Å². The number of benzene rings is 1. The van der Waals surface area contributed by atoms with Gasteiger partial charge in [0.1, 0.15) is 18.0 Å². The second kappa shape index (κ2) is 6.24. The van der Waals surface area contributed by atoms with Crippen molar-refractivity contribution in [2.45, 2.75) is 45.3 Å². The molecular weight excluding hydrogens is 268 g/mol. The van der Waals surface area contributed by atoms with E-state index in [0.29, 0.717) is 12.3 Å². The number of likely N-dealkylation sites (tertiary alicyclic amines) is 1. The second-order valence-electron chi connectivity index (χ2n) is 6.35. The van der Waals surface area contributed by atoms with E-state index >= 15 is 0 Å². The SMILES string of the molecule is CC(C)(C)OC(=O)N1CCC[C@H]1COc1ccc(N)cc1. The van der Waals surface area contributed by atoms with E-state index in [1.54, 1.807) is 17.0 Å². The molecule has 0 spiro atoms. The normalized spacial score (nSPS) is 18.6. The molecule has 2 N–H and O–H groups in total. The number of amides is 1. The standard InChI is InChI=1S/C16H24N2O3/c1-16(2,3)21-15(19)18-10-4-5-13(18)11-20-14-8-6-12(17)7-9-14/h6-9,13H,4-5,10-11,17H2,1-3H3/t13-/m0/s1. The number of nitrogens with zero attached hydrogens (tertiary/aromatic N) is 1. The summed E-state index contributed by atoms with van der Waals surface area (Å²) < 4.78 is 11.2. The first-order valence-electron chi connectivity index (χ1n) is 7.33. The number of carbonyl (C=O) groups is 1. The van der Waals surface area contributed by atoms with Crippen LogP contribution in [0.1, 0.15) is 33.6 Å². The molecule has 1 aliphatic rings. The fourth-order valence-corrected chi connectivity index (χ4v) is 2.33. The van der Waals surface area contributed by atoms with Gasteiger partial charge in [0.05, 0.1) is 6.04 Å². The Labute approximate surface area is 126 Å². The predicted molar refractivity (Wildman–Crippen MR) is 82.3 cm³/mol. The Hall–Kier alpha value is -1.91. The molecule has 1 aromatic rings. The van der Waals surface area contributed by atoms with Crippen molar-refractivity contribution in [2.24, 2.45) is 0 Å². The van der Waals surface area contributed by atoms with Gasteiger partial charge in [-0.3, -0.25) is 0 Å². The number of ether oxygens (including phenoxy) is 2. The van der Waals surface area contributed by atoms with Crippen molar-refractivity contribution in [3.63, 3.8) is 0 Å². The number of hydrogen-bond donors (Lipinski definition) is 1. The highest BCUT2D eigenvalue weighted by molar-refractivity contribution is 5.69. The Morgan fingerprint density at radius 2 is 2.00 bits per heavy atom. The Bertz CT molecular complexity index is 479. The topological polar surface area (TPSA) is 64.8 Å². The van der Waals surface area contributed by atoms with E-state index in [1.165, 1.54) is 0 Å². The Morgan fingerprint density at radius 1 is 1.33 bits per heavy atom. The lowest BCUT2D eigenvalue weighted by Gasteiger charge is -2.28. The molecule has 0 aliphatic carbocycles. The molecule has 0 aromatic heterocycles. The van der Waals surface area contributed by atoms with Crippen molar-refractivity contribution in [1.82, 2.24) is 4.90 Å². The number of rotatable bonds is 3. The minimum Gasteiger partial charge on any atom is -0.491 e. The number of nitrogens with two attached hydrogens (primary N) is 1. The van der Waals surface area contributed by atoms with Crippen LogP contribution in [0.25, 0.3) is 0 Å². The van der Waals surface area contributed by atoms with Gasteiger partial charge in [0, 0.05) is 12.2 Å². The van der Waals surface area contributed by atoms with Crippen LogP contribution in [0, 0.1) is 0 Å². The lowest BCUT2D eigenvalue weighted by molar-refractivity contribution is 0.0187. The van der Waals surface area contributed by atoms with Gasteiger partial charge in [-0.15, -0.1) is 0 Å². The van der Waals surface area contributed by atoms with E-state index in [2.05, 4.69) is 0 Å². The smallest absolute Gasteiger partial charge is 0.410 e.